The molecule has 4 nitrogen and oxygen atoms in total. The van der Waals surface area contributed by atoms with Gasteiger partial charge in [0.15, 0.2) is 6.10 Å². The second-order valence-electron chi connectivity index (χ2n) is 5.51. The lowest BCUT2D eigenvalue weighted by molar-refractivity contribution is -0.138. The summed E-state index contributed by atoms with van der Waals surface area (Å²) >= 11 is 0. The number of hydrogen-bond donors (Lipinski definition) is 1. The minimum atomic E-state index is -0.869. The highest BCUT2D eigenvalue weighted by Crippen LogP contribution is 2.23. The molecule has 2 rings (SSSR count). The molecule has 1 heterocycles. The molecule has 116 valence electrons. The van der Waals surface area contributed by atoms with Crippen LogP contribution >= 0.6 is 0 Å². The van der Waals surface area contributed by atoms with Crippen molar-refractivity contribution in [3.63, 3.8) is 0 Å². The first-order chi connectivity index (χ1) is 9.99. The van der Waals surface area contributed by atoms with E-state index in [1.807, 2.05) is 0 Å². The number of amides is 1. The molecular weight excluding hydrogens is 273 g/mol. The van der Waals surface area contributed by atoms with Crippen LogP contribution in [-0.4, -0.2) is 35.1 Å². The number of nitrogens with zero attached hydrogens (tertiary/aromatic N) is 1. The van der Waals surface area contributed by atoms with E-state index in [2.05, 4.69) is 0 Å². The van der Waals surface area contributed by atoms with Crippen molar-refractivity contribution in [1.29, 1.82) is 0 Å². The summed E-state index contributed by atoms with van der Waals surface area (Å²) in [6.45, 7) is 4.71. The number of likely N-dealkylation sites (tertiary alicyclic amines) is 1. The van der Waals surface area contributed by atoms with E-state index in [9.17, 15) is 14.3 Å². The number of aliphatic hydroxyl groups is 1. The van der Waals surface area contributed by atoms with E-state index >= 15 is 0 Å². The average molecular weight is 295 g/mol. The third-order valence-corrected chi connectivity index (χ3v) is 3.75. The molecule has 5 heteroatoms. The summed E-state index contributed by atoms with van der Waals surface area (Å²) in [5.74, 6) is -0.287. The van der Waals surface area contributed by atoms with Gasteiger partial charge in [0.25, 0.3) is 5.91 Å². The minimum absolute atomic E-state index is 0.0605. The molecule has 1 amide bonds. The van der Waals surface area contributed by atoms with E-state index in [0.29, 0.717) is 5.75 Å². The Bertz CT molecular complexity index is 498. The van der Waals surface area contributed by atoms with Crippen LogP contribution in [-0.2, 0) is 4.79 Å². The zero-order valence-electron chi connectivity index (χ0n) is 12.5. The fourth-order valence-corrected chi connectivity index (χ4v) is 2.55. The highest BCUT2D eigenvalue weighted by atomic mass is 19.1. The molecule has 1 saturated heterocycles. The molecule has 0 saturated carbocycles. The maximum Gasteiger partial charge on any atom is 0.263 e. The number of halogens is 1. The van der Waals surface area contributed by atoms with E-state index in [-0.39, 0.29) is 11.5 Å². The number of rotatable bonds is 4. The van der Waals surface area contributed by atoms with Crippen molar-refractivity contribution >= 4 is 5.91 Å². The minimum Gasteiger partial charge on any atom is -0.481 e. The van der Waals surface area contributed by atoms with Crippen LogP contribution in [0.1, 0.15) is 44.8 Å². The molecule has 0 aromatic heterocycles. The normalized spacial score (nSPS) is 18.2. The maximum atomic E-state index is 13.8. The molecule has 1 N–H and O–H groups in total. The molecule has 0 spiro atoms. The number of aliphatic hydroxyl groups excluding tert-OH is 1. The summed E-state index contributed by atoms with van der Waals surface area (Å²) in [4.78, 5) is 14.0. The Morgan fingerprint density at radius 1 is 1.29 bits per heavy atom. The van der Waals surface area contributed by atoms with Crippen LogP contribution in [0, 0.1) is 5.82 Å². The van der Waals surface area contributed by atoms with Crippen LogP contribution in [0.2, 0.25) is 0 Å². The second-order valence-corrected chi connectivity index (χ2v) is 5.51. The Morgan fingerprint density at radius 3 is 2.52 bits per heavy atom. The number of carbonyl (C=O) groups is 1. The average Bonchev–Trinajstić information content (AvgIpc) is 2.47. The van der Waals surface area contributed by atoms with Crippen molar-refractivity contribution in [2.24, 2.45) is 0 Å². The van der Waals surface area contributed by atoms with Crippen molar-refractivity contribution in [2.45, 2.75) is 45.3 Å². The molecule has 0 bridgehead atoms. The Kier molecular flexibility index (Phi) is 5.17. The van der Waals surface area contributed by atoms with Crippen LogP contribution < -0.4 is 4.74 Å². The Labute approximate surface area is 124 Å². The van der Waals surface area contributed by atoms with Crippen molar-refractivity contribution < 1.29 is 19.0 Å². The molecule has 0 aliphatic carbocycles. The number of carbonyl (C=O) groups excluding carboxylic acids is 1. The zero-order chi connectivity index (χ0) is 15.4. The number of benzene rings is 1. The third-order valence-electron chi connectivity index (χ3n) is 3.75. The summed E-state index contributed by atoms with van der Waals surface area (Å²) in [5.41, 5.74) is 0.220. The summed E-state index contributed by atoms with van der Waals surface area (Å²) in [7, 11) is 0. The molecule has 1 aliphatic rings. The molecule has 0 radical (unpaired) electrons. The number of hydrogen-bond acceptors (Lipinski definition) is 3. The smallest absolute Gasteiger partial charge is 0.263 e. The maximum absolute atomic E-state index is 13.8. The Morgan fingerprint density at radius 2 is 1.95 bits per heavy atom. The SMILES string of the molecule is CC(Oc1ccc(C(C)O)c(F)c1)C(=O)N1CCCCC1. The topological polar surface area (TPSA) is 49.8 Å². The lowest BCUT2D eigenvalue weighted by Crippen LogP contribution is -2.43. The molecular formula is C16H22FNO3. The Hall–Kier alpha value is -1.62. The highest BCUT2D eigenvalue weighted by Gasteiger charge is 2.23. The van der Waals surface area contributed by atoms with Gasteiger partial charge in [0.1, 0.15) is 11.6 Å². The predicted molar refractivity (Wildman–Crippen MR) is 77.6 cm³/mol. The van der Waals surface area contributed by atoms with Gasteiger partial charge < -0.3 is 14.7 Å². The zero-order valence-corrected chi connectivity index (χ0v) is 12.5. The fraction of sp³-hybridized carbons (Fsp3) is 0.562. The van der Waals surface area contributed by atoms with E-state index in [1.165, 1.54) is 19.1 Å². The number of ether oxygens (including phenoxy) is 1. The third kappa shape index (κ3) is 3.94. The van der Waals surface area contributed by atoms with Gasteiger partial charge in [-0.3, -0.25) is 4.79 Å². The van der Waals surface area contributed by atoms with E-state index in [0.717, 1.165) is 32.4 Å². The molecule has 1 aromatic carbocycles. The van der Waals surface area contributed by atoms with Gasteiger partial charge in [0.05, 0.1) is 6.10 Å². The van der Waals surface area contributed by atoms with Gasteiger partial charge in [-0.1, -0.05) is 0 Å². The summed E-state index contributed by atoms with van der Waals surface area (Å²) < 4.78 is 19.3. The fourth-order valence-electron chi connectivity index (χ4n) is 2.55. The van der Waals surface area contributed by atoms with Crippen LogP contribution in [0.15, 0.2) is 18.2 Å². The predicted octanol–water partition coefficient (Wildman–Crippen LogP) is 2.66. The van der Waals surface area contributed by atoms with Gasteiger partial charge in [-0.05, 0) is 45.2 Å². The van der Waals surface area contributed by atoms with Crippen molar-refractivity contribution in [2.75, 3.05) is 13.1 Å². The largest absolute Gasteiger partial charge is 0.481 e. The van der Waals surface area contributed by atoms with Crippen molar-refractivity contribution in [1.82, 2.24) is 4.90 Å². The molecule has 21 heavy (non-hydrogen) atoms. The first kappa shape index (κ1) is 15.8. The highest BCUT2D eigenvalue weighted by molar-refractivity contribution is 5.81. The molecule has 1 aliphatic heterocycles. The lowest BCUT2D eigenvalue weighted by Gasteiger charge is -2.29. The van der Waals surface area contributed by atoms with E-state index in [4.69, 9.17) is 4.74 Å². The van der Waals surface area contributed by atoms with Gasteiger partial charge in [-0.2, -0.15) is 0 Å². The lowest BCUT2D eigenvalue weighted by atomic mass is 10.1. The van der Waals surface area contributed by atoms with Gasteiger partial charge in [-0.15, -0.1) is 0 Å². The van der Waals surface area contributed by atoms with Gasteiger partial charge in [0.2, 0.25) is 0 Å². The van der Waals surface area contributed by atoms with Crippen LogP contribution in [0.4, 0.5) is 4.39 Å². The monoisotopic (exact) mass is 295 g/mol. The second kappa shape index (κ2) is 6.89. The molecule has 1 aromatic rings. The first-order valence-corrected chi connectivity index (χ1v) is 7.42. The first-order valence-electron chi connectivity index (χ1n) is 7.42. The summed E-state index contributed by atoms with van der Waals surface area (Å²) in [6, 6.07) is 4.26. The van der Waals surface area contributed by atoms with Crippen LogP contribution in [0.5, 0.6) is 5.75 Å². The van der Waals surface area contributed by atoms with Crippen molar-refractivity contribution in [3.05, 3.63) is 29.6 Å². The summed E-state index contributed by atoms with van der Waals surface area (Å²) in [6.07, 6.45) is 1.70. The van der Waals surface area contributed by atoms with Crippen LogP contribution in [0.3, 0.4) is 0 Å². The van der Waals surface area contributed by atoms with Crippen LogP contribution in [0.25, 0.3) is 0 Å². The quantitative estimate of drug-likeness (QED) is 0.929. The van der Waals surface area contributed by atoms with Gasteiger partial charge >= 0.3 is 0 Å². The molecule has 2 unspecified atom stereocenters. The number of piperidine rings is 1. The molecule has 2 atom stereocenters. The van der Waals surface area contributed by atoms with E-state index in [1.54, 1.807) is 17.9 Å². The van der Waals surface area contributed by atoms with Gasteiger partial charge in [0, 0.05) is 24.7 Å². The Balaban J connectivity index is 2.00. The summed E-state index contributed by atoms with van der Waals surface area (Å²) in [5, 5.41) is 9.39. The molecule has 1 fully saturated rings. The van der Waals surface area contributed by atoms with Crippen molar-refractivity contribution in [3.8, 4) is 5.75 Å². The standard InChI is InChI=1S/C16H22FNO3/c1-11(19)14-7-6-13(10-15(14)17)21-12(2)16(20)18-8-4-3-5-9-18/h6-7,10-12,19H,3-5,8-9H2,1-2H3. The van der Waals surface area contributed by atoms with Gasteiger partial charge in [-0.25, -0.2) is 4.39 Å². The van der Waals surface area contributed by atoms with E-state index < -0.39 is 18.0 Å².